The van der Waals surface area contributed by atoms with Gasteiger partial charge in [-0.15, -0.1) is 0 Å². The van der Waals surface area contributed by atoms with Crippen LogP contribution in [0, 0.1) is 0 Å². The molecule has 0 aliphatic carbocycles. The standard InChI is InChI=1S/C13H20N2O2S/c1-11-10-18(16,17)9-8-15(11)13-4-2-12(3-5-13)6-7-14/h2-5,11H,6-10,14H2,1H3. The summed E-state index contributed by atoms with van der Waals surface area (Å²) in [5.74, 6) is 0.499. The van der Waals surface area contributed by atoms with Crippen LogP contribution in [0.3, 0.4) is 0 Å². The maximum atomic E-state index is 11.5. The van der Waals surface area contributed by atoms with E-state index in [2.05, 4.69) is 29.2 Å². The molecule has 0 saturated carbocycles. The fraction of sp³-hybridized carbons (Fsp3) is 0.538. The van der Waals surface area contributed by atoms with Crippen molar-refractivity contribution in [2.75, 3.05) is 29.5 Å². The van der Waals surface area contributed by atoms with E-state index in [1.807, 2.05) is 6.92 Å². The van der Waals surface area contributed by atoms with E-state index >= 15 is 0 Å². The molecule has 2 rings (SSSR count). The molecule has 0 amide bonds. The Morgan fingerprint density at radius 3 is 2.56 bits per heavy atom. The lowest BCUT2D eigenvalue weighted by Crippen LogP contribution is -2.47. The van der Waals surface area contributed by atoms with Crippen molar-refractivity contribution in [3.05, 3.63) is 29.8 Å². The van der Waals surface area contributed by atoms with Crippen LogP contribution in [0.1, 0.15) is 12.5 Å². The highest BCUT2D eigenvalue weighted by atomic mass is 32.2. The maximum Gasteiger partial charge on any atom is 0.154 e. The van der Waals surface area contributed by atoms with Gasteiger partial charge in [-0.25, -0.2) is 8.42 Å². The largest absolute Gasteiger partial charge is 0.367 e. The second-order valence-corrected chi connectivity index (χ2v) is 7.09. The molecule has 18 heavy (non-hydrogen) atoms. The number of nitrogens with two attached hydrogens (primary N) is 1. The fourth-order valence-electron chi connectivity index (χ4n) is 2.40. The first-order valence-corrected chi connectivity index (χ1v) is 8.10. The second-order valence-electron chi connectivity index (χ2n) is 4.86. The number of benzene rings is 1. The zero-order valence-corrected chi connectivity index (χ0v) is 11.5. The summed E-state index contributed by atoms with van der Waals surface area (Å²) in [6, 6.07) is 8.29. The minimum absolute atomic E-state index is 0.0455. The molecule has 0 aromatic heterocycles. The van der Waals surface area contributed by atoms with E-state index in [1.54, 1.807) is 0 Å². The third kappa shape index (κ3) is 3.03. The van der Waals surface area contributed by atoms with Gasteiger partial charge in [0.2, 0.25) is 0 Å². The van der Waals surface area contributed by atoms with E-state index in [-0.39, 0.29) is 17.5 Å². The van der Waals surface area contributed by atoms with E-state index in [4.69, 9.17) is 5.73 Å². The number of sulfone groups is 1. The molecule has 4 nitrogen and oxygen atoms in total. The molecule has 100 valence electrons. The zero-order valence-electron chi connectivity index (χ0n) is 10.7. The number of hydrogen-bond acceptors (Lipinski definition) is 4. The van der Waals surface area contributed by atoms with Crippen LogP contribution >= 0.6 is 0 Å². The second kappa shape index (κ2) is 5.28. The number of nitrogens with zero attached hydrogens (tertiary/aromatic N) is 1. The SMILES string of the molecule is CC1CS(=O)(=O)CCN1c1ccc(CCN)cc1. The molecule has 1 aliphatic heterocycles. The van der Waals surface area contributed by atoms with Crippen LogP contribution < -0.4 is 10.6 Å². The monoisotopic (exact) mass is 268 g/mol. The van der Waals surface area contributed by atoms with Crippen LogP contribution in [0.4, 0.5) is 5.69 Å². The third-order valence-corrected chi connectivity index (χ3v) is 5.17. The highest BCUT2D eigenvalue weighted by Gasteiger charge is 2.27. The van der Waals surface area contributed by atoms with Gasteiger partial charge in [-0.1, -0.05) is 12.1 Å². The van der Waals surface area contributed by atoms with Gasteiger partial charge in [-0.3, -0.25) is 0 Å². The minimum Gasteiger partial charge on any atom is -0.367 e. The topological polar surface area (TPSA) is 63.4 Å². The average molecular weight is 268 g/mol. The van der Waals surface area contributed by atoms with Crippen molar-refractivity contribution in [2.45, 2.75) is 19.4 Å². The van der Waals surface area contributed by atoms with Crippen LogP contribution in [0.15, 0.2) is 24.3 Å². The van der Waals surface area contributed by atoms with Gasteiger partial charge in [0, 0.05) is 18.3 Å². The Labute approximate surface area is 109 Å². The van der Waals surface area contributed by atoms with Gasteiger partial charge in [0.05, 0.1) is 11.5 Å². The predicted octanol–water partition coefficient (Wildman–Crippen LogP) is 0.811. The maximum absolute atomic E-state index is 11.5. The van der Waals surface area contributed by atoms with Crippen molar-refractivity contribution in [1.82, 2.24) is 0 Å². The van der Waals surface area contributed by atoms with Crippen molar-refractivity contribution >= 4 is 15.5 Å². The summed E-state index contributed by atoms with van der Waals surface area (Å²) in [7, 11) is -2.85. The number of anilines is 1. The van der Waals surface area contributed by atoms with E-state index < -0.39 is 9.84 Å². The van der Waals surface area contributed by atoms with Crippen LogP contribution in [0.2, 0.25) is 0 Å². The normalized spacial score (nSPS) is 23.0. The van der Waals surface area contributed by atoms with Crippen LogP contribution in [0.5, 0.6) is 0 Å². The molecule has 2 N–H and O–H groups in total. The van der Waals surface area contributed by atoms with E-state index in [0.29, 0.717) is 13.1 Å². The van der Waals surface area contributed by atoms with Crippen molar-refractivity contribution in [3.8, 4) is 0 Å². The molecule has 0 spiro atoms. The minimum atomic E-state index is -2.85. The van der Waals surface area contributed by atoms with Gasteiger partial charge in [-0.05, 0) is 37.6 Å². The van der Waals surface area contributed by atoms with E-state index in [1.165, 1.54) is 5.56 Å². The Morgan fingerprint density at radius 1 is 1.33 bits per heavy atom. The molecule has 1 saturated heterocycles. The predicted molar refractivity (Wildman–Crippen MR) is 74.7 cm³/mol. The van der Waals surface area contributed by atoms with Crippen molar-refractivity contribution < 1.29 is 8.42 Å². The number of rotatable bonds is 3. The summed E-state index contributed by atoms with van der Waals surface area (Å²) < 4.78 is 23.1. The molecule has 1 fully saturated rings. The Hall–Kier alpha value is -1.07. The van der Waals surface area contributed by atoms with E-state index in [0.717, 1.165) is 12.1 Å². The molecule has 1 aliphatic rings. The molecular formula is C13H20N2O2S. The summed E-state index contributed by atoms with van der Waals surface area (Å²) in [6.07, 6.45) is 0.879. The smallest absolute Gasteiger partial charge is 0.154 e. The van der Waals surface area contributed by atoms with Crippen LogP contribution in [-0.2, 0) is 16.3 Å². The molecule has 5 heteroatoms. The van der Waals surface area contributed by atoms with Gasteiger partial charge in [-0.2, -0.15) is 0 Å². The molecule has 1 aromatic rings. The lowest BCUT2D eigenvalue weighted by atomic mass is 10.1. The van der Waals surface area contributed by atoms with Gasteiger partial charge >= 0.3 is 0 Å². The van der Waals surface area contributed by atoms with Gasteiger partial charge in [0.25, 0.3) is 0 Å². The highest BCUT2D eigenvalue weighted by molar-refractivity contribution is 7.91. The van der Waals surface area contributed by atoms with E-state index in [9.17, 15) is 8.42 Å². The Balaban J connectivity index is 2.12. The first-order chi connectivity index (χ1) is 8.52. The van der Waals surface area contributed by atoms with Crippen LogP contribution in [-0.4, -0.2) is 39.1 Å². The van der Waals surface area contributed by atoms with Crippen molar-refractivity contribution in [2.24, 2.45) is 5.73 Å². The molecule has 0 bridgehead atoms. The Kier molecular flexibility index (Phi) is 3.92. The third-order valence-electron chi connectivity index (χ3n) is 3.37. The van der Waals surface area contributed by atoms with Gasteiger partial charge in [0.15, 0.2) is 9.84 Å². The lowest BCUT2D eigenvalue weighted by Gasteiger charge is -2.35. The summed E-state index contributed by atoms with van der Waals surface area (Å²) >= 11 is 0. The first-order valence-electron chi connectivity index (χ1n) is 6.28. The quantitative estimate of drug-likeness (QED) is 0.881. The van der Waals surface area contributed by atoms with Crippen molar-refractivity contribution in [1.29, 1.82) is 0 Å². The summed E-state index contributed by atoms with van der Waals surface area (Å²) in [5.41, 5.74) is 7.83. The molecular weight excluding hydrogens is 248 g/mol. The van der Waals surface area contributed by atoms with Crippen molar-refractivity contribution in [3.63, 3.8) is 0 Å². The molecule has 1 unspecified atom stereocenters. The summed E-state index contributed by atoms with van der Waals surface area (Å²) in [6.45, 7) is 3.20. The molecule has 1 atom stereocenters. The molecule has 1 heterocycles. The summed E-state index contributed by atoms with van der Waals surface area (Å²) in [4.78, 5) is 2.16. The average Bonchev–Trinajstić information content (AvgIpc) is 2.30. The highest BCUT2D eigenvalue weighted by Crippen LogP contribution is 2.22. The first kappa shape index (κ1) is 13.4. The lowest BCUT2D eigenvalue weighted by molar-refractivity contribution is 0.568. The Morgan fingerprint density at radius 2 is 2.00 bits per heavy atom. The zero-order chi connectivity index (χ0) is 13.2. The molecule has 1 aromatic carbocycles. The van der Waals surface area contributed by atoms with Crippen LogP contribution in [0.25, 0.3) is 0 Å². The fourth-order valence-corrected chi connectivity index (χ4v) is 3.96. The molecule has 0 radical (unpaired) electrons. The summed E-state index contributed by atoms with van der Waals surface area (Å²) in [5, 5.41) is 0. The Bertz CT molecular complexity index is 496. The van der Waals surface area contributed by atoms with Gasteiger partial charge < -0.3 is 10.6 Å². The van der Waals surface area contributed by atoms with Gasteiger partial charge in [0.1, 0.15) is 0 Å². The number of hydrogen-bond donors (Lipinski definition) is 1.